The molecular formula is C35H49N5O5S. The van der Waals surface area contributed by atoms with Crippen LogP contribution in [0.1, 0.15) is 72.1 Å². The summed E-state index contributed by atoms with van der Waals surface area (Å²) < 4.78 is 27.7. The summed E-state index contributed by atoms with van der Waals surface area (Å²) in [6.45, 7) is 14.8. The molecule has 0 spiro atoms. The van der Waals surface area contributed by atoms with Crippen molar-refractivity contribution >= 4 is 27.7 Å². The molecule has 0 fully saturated rings. The zero-order valence-corrected chi connectivity index (χ0v) is 29.5. The average molecular weight is 652 g/mol. The molecule has 0 aromatic heterocycles. The van der Waals surface area contributed by atoms with Gasteiger partial charge in [0.25, 0.3) is 5.91 Å². The molecule has 3 N–H and O–H groups in total. The van der Waals surface area contributed by atoms with Gasteiger partial charge in [0, 0.05) is 18.0 Å². The Kier molecular flexibility index (Phi) is 12.9. The Hall–Kier alpha value is -4.01. The van der Waals surface area contributed by atoms with Gasteiger partial charge in [0.2, 0.25) is 21.8 Å². The van der Waals surface area contributed by atoms with Gasteiger partial charge in [0.15, 0.2) is 0 Å². The Morgan fingerprint density at radius 1 is 0.957 bits per heavy atom. The van der Waals surface area contributed by atoms with Gasteiger partial charge in [0.1, 0.15) is 6.04 Å². The SMILES string of the molecule is CNC(C(=O)NC(C(=O)N(C)C(/C=C(\C)C(=O)NS(=O)(=O)Cc1ccccc1C#N)C(C)C)C(C)(C)C)C(C)(C)c1ccccc1. The molecule has 3 unspecified atom stereocenters. The van der Waals surface area contributed by atoms with Crippen molar-refractivity contribution in [2.24, 2.45) is 11.3 Å². The first-order valence-electron chi connectivity index (χ1n) is 15.3. The zero-order valence-electron chi connectivity index (χ0n) is 28.6. The van der Waals surface area contributed by atoms with E-state index in [-0.39, 0.29) is 34.4 Å². The highest BCUT2D eigenvalue weighted by Crippen LogP contribution is 2.29. The summed E-state index contributed by atoms with van der Waals surface area (Å²) in [7, 11) is -0.796. The van der Waals surface area contributed by atoms with E-state index in [4.69, 9.17) is 0 Å². The van der Waals surface area contributed by atoms with Crippen LogP contribution in [-0.4, -0.2) is 63.3 Å². The molecule has 11 heteroatoms. The van der Waals surface area contributed by atoms with Gasteiger partial charge in [-0.15, -0.1) is 0 Å². The highest BCUT2D eigenvalue weighted by atomic mass is 32.2. The van der Waals surface area contributed by atoms with Gasteiger partial charge in [-0.25, -0.2) is 13.1 Å². The van der Waals surface area contributed by atoms with Crippen LogP contribution in [0.4, 0.5) is 0 Å². The minimum Gasteiger partial charge on any atom is -0.342 e. The fourth-order valence-corrected chi connectivity index (χ4v) is 6.56. The maximum atomic E-state index is 14.1. The zero-order chi connectivity index (χ0) is 35.0. The number of carbonyl (C=O) groups is 3. The van der Waals surface area contributed by atoms with Crippen molar-refractivity contribution < 1.29 is 22.8 Å². The van der Waals surface area contributed by atoms with Crippen molar-refractivity contribution in [2.75, 3.05) is 14.1 Å². The summed E-state index contributed by atoms with van der Waals surface area (Å²) in [6.07, 6.45) is 1.56. The second-order valence-corrected chi connectivity index (χ2v) is 15.3. The standard InChI is InChI=1S/C35H49N5O5S/c1-23(2)28(20-24(3)31(41)39-46(44,45)22-26-17-15-14-16-25(26)21-36)40(10)33(43)30(34(4,5)6)38-32(42)29(37-9)35(7,8)27-18-12-11-13-19-27/h11-20,23,28-30,37H,22H2,1-10H3,(H,38,42)(H,39,41)/b24-20+. The van der Waals surface area contributed by atoms with Crippen LogP contribution in [0, 0.1) is 22.7 Å². The van der Waals surface area contributed by atoms with Crippen LogP contribution < -0.4 is 15.4 Å². The number of amides is 3. The fourth-order valence-electron chi connectivity index (χ4n) is 5.38. The summed E-state index contributed by atoms with van der Waals surface area (Å²) in [6, 6.07) is 15.8. The van der Waals surface area contributed by atoms with Crippen LogP contribution in [0.3, 0.4) is 0 Å². The number of rotatable bonds is 13. The lowest BCUT2D eigenvalue weighted by atomic mass is 9.76. The number of nitrogens with zero attached hydrogens (tertiary/aromatic N) is 2. The summed E-state index contributed by atoms with van der Waals surface area (Å²) in [5.41, 5.74) is 0.295. The first-order valence-corrected chi connectivity index (χ1v) is 16.9. The van der Waals surface area contributed by atoms with E-state index in [1.165, 1.54) is 24.0 Å². The number of hydrogen-bond donors (Lipinski definition) is 3. The Balaban J connectivity index is 2.31. The van der Waals surface area contributed by atoms with Crippen LogP contribution in [-0.2, 0) is 35.6 Å². The minimum atomic E-state index is -4.12. The smallest absolute Gasteiger partial charge is 0.260 e. The number of likely N-dealkylation sites (N-methyl/N-ethyl adjacent to an activating group) is 2. The summed E-state index contributed by atoms with van der Waals surface area (Å²) in [5.74, 6) is -2.20. The number of benzene rings is 2. The monoisotopic (exact) mass is 651 g/mol. The second kappa shape index (κ2) is 15.5. The van der Waals surface area contributed by atoms with Gasteiger partial charge in [-0.2, -0.15) is 5.26 Å². The van der Waals surface area contributed by atoms with E-state index < -0.39 is 50.6 Å². The molecule has 0 aliphatic carbocycles. The first-order chi connectivity index (χ1) is 21.3. The van der Waals surface area contributed by atoms with Crippen LogP contribution in [0.15, 0.2) is 66.2 Å². The molecule has 2 aromatic carbocycles. The molecule has 0 radical (unpaired) electrons. The van der Waals surface area contributed by atoms with Gasteiger partial charge in [-0.05, 0) is 42.5 Å². The molecule has 0 bridgehead atoms. The maximum Gasteiger partial charge on any atom is 0.260 e. The molecule has 0 heterocycles. The van der Waals surface area contributed by atoms with E-state index >= 15 is 0 Å². The normalized spacial score (nSPS) is 14.5. The lowest BCUT2D eigenvalue weighted by molar-refractivity contribution is -0.140. The molecule has 0 saturated heterocycles. The first kappa shape index (κ1) is 38.2. The maximum absolute atomic E-state index is 14.1. The Morgan fingerprint density at radius 3 is 2.04 bits per heavy atom. The van der Waals surface area contributed by atoms with Crippen LogP contribution in [0.2, 0.25) is 0 Å². The molecular weight excluding hydrogens is 602 g/mol. The minimum absolute atomic E-state index is 0.103. The number of nitriles is 1. The predicted molar refractivity (Wildman–Crippen MR) is 181 cm³/mol. The number of nitrogens with one attached hydrogen (secondary N) is 3. The van der Waals surface area contributed by atoms with Crippen molar-refractivity contribution in [3.05, 3.63) is 82.9 Å². The van der Waals surface area contributed by atoms with Crippen LogP contribution >= 0.6 is 0 Å². The fraction of sp³-hybridized carbons (Fsp3) is 0.486. The quantitative estimate of drug-likeness (QED) is 0.277. The molecule has 2 rings (SSSR count). The van der Waals surface area contributed by atoms with Gasteiger partial charge >= 0.3 is 0 Å². The lowest BCUT2D eigenvalue weighted by Crippen LogP contribution is -2.61. The number of hydrogen-bond acceptors (Lipinski definition) is 7. The van der Waals surface area contributed by atoms with Gasteiger partial charge in [-0.1, -0.05) is 103 Å². The Bertz CT molecular complexity index is 1570. The third-order valence-electron chi connectivity index (χ3n) is 8.18. The summed E-state index contributed by atoms with van der Waals surface area (Å²) in [4.78, 5) is 42.4. The average Bonchev–Trinajstić information content (AvgIpc) is 2.97. The second-order valence-electron chi connectivity index (χ2n) is 13.6. The molecule has 250 valence electrons. The molecule has 0 aliphatic rings. The van der Waals surface area contributed by atoms with Gasteiger partial charge in [-0.3, -0.25) is 14.4 Å². The highest BCUT2D eigenvalue weighted by molar-refractivity contribution is 7.89. The Labute approximate surface area is 274 Å². The van der Waals surface area contributed by atoms with Crippen molar-refractivity contribution in [3.8, 4) is 6.07 Å². The van der Waals surface area contributed by atoms with E-state index in [0.29, 0.717) is 0 Å². The van der Waals surface area contributed by atoms with E-state index in [9.17, 15) is 28.1 Å². The molecule has 0 aliphatic heterocycles. The largest absolute Gasteiger partial charge is 0.342 e. The van der Waals surface area contributed by atoms with Crippen molar-refractivity contribution in [3.63, 3.8) is 0 Å². The van der Waals surface area contributed by atoms with Gasteiger partial charge in [0.05, 0.1) is 29.5 Å². The molecule has 46 heavy (non-hydrogen) atoms. The predicted octanol–water partition coefficient (Wildman–Crippen LogP) is 4.03. The van der Waals surface area contributed by atoms with Gasteiger partial charge < -0.3 is 15.5 Å². The molecule has 10 nitrogen and oxygen atoms in total. The summed E-state index contributed by atoms with van der Waals surface area (Å²) in [5, 5.41) is 15.4. The van der Waals surface area contributed by atoms with E-state index in [1.807, 2.05) is 84.9 Å². The van der Waals surface area contributed by atoms with E-state index in [1.54, 1.807) is 32.3 Å². The molecule has 2 aromatic rings. The highest BCUT2D eigenvalue weighted by Gasteiger charge is 2.41. The van der Waals surface area contributed by atoms with Crippen LogP contribution in [0.25, 0.3) is 0 Å². The third kappa shape index (κ3) is 9.74. The Morgan fingerprint density at radius 2 is 1.52 bits per heavy atom. The van der Waals surface area contributed by atoms with Crippen molar-refractivity contribution in [2.45, 2.75) is 84.7 Å². The van der Waals surface area contributed by atoms with Crippen LogP contribution in [0.5, 0.6) is 0 Å². The van der Waals surface area contributed by atoms with Crippen molar-refractivity contribution in [1.29, 1.82) is 5.26 Å². The molecule has 3 atom stereocenters. The molecule has 0 saturated carbocycles. The topological polar surface area (TPSA) is 148 Å². The third-order valence-corrected chi connectivity index (χ3v) is 9.37. The lowest BCUT2D eigenvalue weighted by Gasteiger charge is -2.40. The molecule has 3 amide bonds. The number of sulfonamides is 1. The summed E-state index contributed by atoms with van der Waals surface area (Å²) >= 11 is 0. The van der Waals surface area contributed by atoms with Crippen molar-refractivity contribution in [1.82, 2.24) is 20.3 Å². The van der Waals surface area contributed by atoms with E-state index in [2.05, 4.69) is 15.4 Å². The van der Waals surface area contributed by atoms with E-state index in [0.717, 1.165) is 5.56 Å². The number of carbonyl (C=O) groups excluding carboxylic acids is 3.